The first-order chi connectivity index (χ1) is 10.1. The minimum absolute atomic E-state index is 0.177. The first kappa shape index (κ1) is 15.5. The van der Waals surface area contributed by atoms with Gasteiger partial charge in [0.1, 0.15) is 0 Å². The van der Waals surface area contributed by atoms with Crippen molar-refractivity contribution >= 4 is 21.4 Å². The van der Waals surface area contributed by atoms with Crippen LogP contribution in [0.5, 0.6) is 0 Å². The second kappa shape index (κ2) is 6.36. The molecule has 3 rings (SSSR count). The lowest BCUT2D eigenvalue weighted by Gasteiger charge is -2.33. The molecule has 1 saturated heterocycles. The van der Waals surface area contributed by atoms with Gasteiger partial charge in [-0.05, 0) is 38.2 Å². The highest BCUT2D eigenvalue weighted by Gasteiger charge is 2.33. The van der Waals surface area contributed by atoms with Crippen LogP contribution >= 0.6 is 11.3 Å². The molecule has 1 unspecified atom stereocenters. The number of rotatable bonds is 6. The van der Waals surface area contributed by atoms with Gasteiger partial charge in [0.25, 0.3) is 0 Å². The maximum atomic E-state index is 12.8. The van der Waals surface area contributed by atoms with E-state index in [0.717, 1.165) is 37.1 Å². The van der Waals surface area contributed by atoms with Crippen LogP contribution in [0.3, 0.4) is 0 Å². The Morgan fingerprint density at radius 3 is 2.86 bits per heavy atom. The monoisotopic (exact) mass is 328 g/mol. The Morgan fingerprint density at radius 2 is 2.14 bits per heavy atom. The SMILES string of the molecule is CCC1CCCCN1S(=O)(=O)c1csc(CNC2CC2)c1. The van der Waals surface area contributed by atoms with E-state index >= 15 is 0 Å². The van der Waals surface area contributed by atoms with Crippen LogP contribution in [-0.2, 0) is 16.6 Å². The van der Waals surface area contributed by atoms with Crippen molar-refractivity contribution in [1.82, 2.24) is 9.62 Å². The zero-order chi connectivity index (χ0) is 14.9. The second-order valence-corrected chi connectivity index (χ2v) is 8.96. The number of nitrogens with zero attached hydrogens (tertiary/aromatic N) is 1. The summed E-state index contributed by atoms with van der Waals surface area (Å²) >= 11 is 1.55. The van der Waals surface area contributed by atoms with Crippen molar-refractivity contribution in [3.8, 4) is 0 Å². The van der Waals surface area contributed by atoms with Crippen LogP contribution in [0.2, 0.25) is 0 Å². The molecule has 0 spiro atoms. The summed E-state index contributed by atoms with van der Waals surface area (Å²) in [6.07, 6.45) is 6.53. The van der Waals surface area contributed by atoms with E-state index in [1.807, 2.05) is 6.07 Å². The van der Waals surface area contributed by atoms with Gasteiger partial charge in [0.05, 0.1) is 4.90 Å². The van der Waals surface area contributed by atoms with Gasteiger partial charge >= 0.3 is 0 Å². The third-order valence-corrected chi connectivity index (χ3v) is 7.44. The van der Waals surface area contributed by atoms with Crippen LogP contribution in [0.15, 0.2) is 16.3 Å². The second-order valence-electron chi connectivity index (χ2n) is 6.08. The van der Waals surface area contributed by atoms with Crippen LogP contribution in [0.4, 0.5) is 0 Å². The number of piperidine rings is 1. The van der Waals surface area contributed by atoms with Crippen molar-refractivity contribution in [2.75, 3.05) is 6.54 Å². The van der Waals surface area contributed by atoms with E-state index in [-0.39, 0.29) is 6.04 Å². The molecule has 118 valence electrons. The highest BCUT2D eigenvalue weighted by atomic mass is 32.2. The number of hydrogen-bond acceptors (Lipinski definition) is 4. The Labute approximate surface area is 131 Å². The minimum Gasteiger partial charge on any atom is -0.309 e. The zero-order valence-corrected chi connectivity index (χ0v) is 14.2. The Hall–Kier alpha value is -0.430. The average molecular weight is 329 g/mol. The maximum absolute atomic E-state index is 12.8. The van der Waals surface area contributed by atoms with Crippen molar-refractivity contribution in [3.63, 3.8) is 0 Å². The lowest BCUT2D eigenvalue weighted by molar-refractivity contribution is 0.246. The molecule has 2 heterocycles. The molecule has 1 atom stereocenters. The van der Waals surface area contributed by atoms with Crippen LogP contribution in [-0.4, -0.2) is 31.4 Å². The molecule has 0 radical (unpaired) electrons. The van der Waals surface area contributed by atoms with E-state index in [1.54, 1.807) is 21.0 Å². The van der Waals surface area contributed by atoms with Gasteiger partial charge in [-0.15, -0.1) is 11.3 Å². The highest BCUT2D eigenvalue weighted by molar-refractivity contribution is 7.89. The van der Waals surface area contributed by atoms with Gasteiger partial charge in [0.15, 0.2) is 0 Å². The van der Waals surface area contributed by atoms with Crippen LogP contribution in [0, 0.1) is 0 Å². The molecule has 2 fully saturated rings. The molecule has 0 aromatic carbocycles. The van der Waals surface area contributed by atoms with Crippen LogP contribution in [0.1, 0.15) is 50.3 Å². The van der Waals surface area contributed by atoms with Gasteiger partial charge in [0, 0.05) is 35.4 Å². The molecule has 6 heteroatoms. The fourth-order valence-corrected chi connectivity index (χ4v) is 5.94. The molecule has 0 amide bonds. The zero-order valence-electron chi connectivity index (χ0n) is 12.5. The van der Waals surface area contributed by atoms with Crippen LogP contribution in [0.25, 0.3) is 0 Å². The van der Waals surface area contributed by atoms with E-state index in [2.05, 4.69) is 12.2 Å². The highest BCUT2D eigenvalue weighted by Crippen LogP contribution is 2.29. The number of thiophene rings is 1. The standard InChI is InChI=1S/C15H24N2O2S2/c1-2-13-5-3-4-8-17(13)21(18,19)15-9-14(20-11-15)10-16-12-6-7-12/h9,11-13,16H,2-8,10H2,1H3. The topological polar surface area (TPSA) is 49.4 Å². The summed E-state index contributed by atoms with van der Waals surface area (Å²) in [5.74, 6) is 0. The van der Waals surface area contributed by atoms with Gasteiger partial charge in [-0.3, -0.25) is 0 Å². The Kier molecular flexibility index (Phi) is 4.69. The van der Waals surface area contributed by atoms with E-state index in [4.69, 9.17) is 0 Å². The third kappa shape index (κ3) is 3.50. The maximum Gasteiger partial charge on any atom is 0.244 e. The van der Waals surface area contributed by atoms with Crippen molar-refractivity contribution in [1.29, 1.82) is 0 Å². The van der Waals surface area contributed by atoms with Gasteiger partial charge in [-0.25, -0.2) is 8.42 Å². The fraction of sp³-hybridized carbons (Fsp3) is 0.733. The van der Waals surface area contributed by atoms with Crippen molar-refractivity contribution in [2.45, 2.75) is 69.0 Å². The molecular formula is C15H24N2O2S2. The smallest absolute Gasteiger partial charge is 0.244 e. The molecule has 1 aromatic rings. The number of sulfonamides is 1. The minimum atomic E-state index is -3.31. The third-order valence-electron chi connectivity index (χ3n) is 4.42. The summed E-state index contributed by atoms with van der Waals surface area (Å²) in [5, 5.41) is 5.25. The molecule has 1 saturated carbocycles. The molecule has 2 aliphatic rings. The lowest BCUT2D eigenvalue weighted by atomic mass is 10.0. The Morgan fingerprint density at radius 1 is 1.33 bits per heavy atom. The first-order valence-electron chi connectivity index (χ1n) is 7.94. The molecule has 1 aliphatic heterocycles. The fourth-order valence-electron chi connectivity index (χ4n) is 2.95. The molecule has 0 bridgehead atoms. The van der Waals surface area contributed by atoms with Gasteiger partial charge in [-0.1, -0.05) is 13.3 Å². The van der Waals surface area contributed by atoms with Crippen LogP contribution < -0.4 is 5.32 Å². The normalized spacial score (nSPS) is 24.3. The molecule has 1 aromatic heterocycles. The number of hydrogen-bond donors (Lipinski definition) is 1. The van der Waals surface area contributed by atoms with Gasteiger partial charge < -0.3 is 5.32 Å². The molecule has 4 nitrogen and oxygen atoms in total. The molecular weight excluding hydrogens is 304 g/mol. The van der Waals surface area contributed by atoms with E-state index in [1.165, 1.54) is 12.8 Å². The predicted octanol–water partition coefficient (Wildman–Crippen LogP) is 2.95. The largest absolute Gasteiger partial charge is 0.309 e. The molecule has 21 heavy (non-hydrogen) atoms. The summed E-state index contributed by atoms with van der Waals surface area (Å²) in [6, 6.07) is 2.69. The lowest BCUT2D eigenvalue weighted by Crippen LogP contribution is -2.43. The average Bonchev–Trinajstić information content (AvgIpc) is 3.20. The predicted molar refractivity (Wildman–Crippen MR) is 86.0 cm³/mol. The Balaban J connectivity index is 1.73. The van der Waals surface area contributed by atoms with E-state index in [9.17, 15) is 8.42 Å². The van der Waals surface area contributed by atoms with Gasteiger partial charge in [-0.2, -0.15) is 4.31 Å². The van der Waals surface area contributed by atoms with E-state index < -0.39 is 10.0 Å². The molecule has 1 aliphatic carbocycles. The quantitative estimate of drug-likeness (QED) is 0.873. The summed E-state index contributed by atoms with van der Waals surface area (Å²) in [6.45, 7) is 3.55. The summed E-state index contributed by atoms with van der Waals surface area (Å²) in [4.78, 5) is 1.60. The first-order valence-corrected chi connectivity index (χ1v) is 10.3. The van der Waals surface area contributed by atoms with Gasteiger partial charge in [0.2, 0.25) is 10.0 Å². The summed E-state index contributed by atoms with van der Waals surface area (Å²) in [5.41, 5.74) is 0. The van der Waals surface area contributed by atoms with Crippen molar-refractivity contribution in [3.05, 3.63) is 16.3 Å². The van der Waals surface area contributed by atoms with E-state index in [0.29, 0.717) is 17.5 Å². The molecule has 1 N–H and O–H groups in total. The van der Waals surface area contributed by atoms with Crippen molar-refractivity contribution in [2.24, 2.45) is 0 Å². The van der Waals surface area contributed by atoms with Crippen molar-refractivity contribution < 1.29 is 8.42 Å². The summed E-state index contributed by atoms with van der Waals surface area (Å²) < 4.78 is 27.4. The number of nitrogens with one attached hydrogen (secondary N) is 1. The Bertz CT molecular complexity index is 578. The summed E-state index contributed by atoms with van der Waals surface area (Å²) in [7, 11) is -3.31.